The van der Waals surface area contributed by atoms with Gasteiger partial charge in [0.05, 0.1) is 6.42 Å². The Morgan fingerprint density at radius 3 is 2.46 bits per heavy atom. The van der Waals surface area contributed by atoms with E-state index in [9.17, 15) is 13.6 Å². The summed E-state index contributed by atoms with van der Waals surface area (Å²) >= 11 is 0. The molecule has 0 heterocycles. The Morgan fingerprint density at radius 2 is 1.69 bits per heavy atom. The first-order valence-electron chi connectivity index (χ1n) is 8.39. The topological polar surface area (TPSA) is 38.3 Å². The van der Waals surface area contributed by atoms with Gasteiger partial charge in [-0.15, -0.1) is 0 Å². The quantitative estimate of drug-likeness (QED) is 0.685. The second kappa shape index (κ2) is 8.43. The van der Waals surface area contributed by atoms with E-state index in [2.05, 4.69) is 10.1 Å². The van der Waals surface area contributed by atoms with Crippen molar-refractivity contribution in [2.45, 2.75) is 19.5 Å². The average Bonchev–Trinajstić information content (AvgIpc) is 2.63. The third kappa shape index (κ3) is 4.79. The van der Waals surface area contributed by atoms with Crippen LogP contribution in [-0.4, -0.2) is 19.1 Å². The number of hydrogen-bond acceptors (Lipinski definition) is 2. The average molecular weight is 355 g/mol. The van der Waals surface area contributed by atoms with Gasteiger partial charge in [0.15, 0.2) is 0 Å². The zero-order valence-corrected chi connectivity index (χ0v) is 14.1. The van der Waals surface area contributed by atoms with Gasteiger partial charge in [0.2, 0.25) is 5.91 Å². The summed E-state index contributed by atoms with van der Waals surface area (Å²) in [5, 5.41) is 5.10. The summed E-state index contributed by atoms with van der Waals surface area (Å²) in [4.78, 5) is 12.2. The van der Waals surface area contributed by atoms with E-state index in [-0.39, 0.29) is 11.7 Å². The fraction of sp³-hybridized carbons (Fsp3) is 0.190. The molecule has 0 aliphatic rings. The van der Waals surface area contributed by atoms with E-state index >= 15 is 0 Å². The molecular weight excluding hydrogens is 336 g/mol. The third-order valence-electron chi connectivity index (χ3n) is 4.12. The summed E-state index contributed by atoms with van der Waals surface area (Å²) in [6, 6.07) is 20.4. The molecule has 3 nitrogen and oxygen atoms in total. The van der Waals surface area contributed by atoms with Gasteiger partial charge in [-0.3, -0.25) is 4.79 Å². The number of amides is 1. The third-order valence-corrected chi connectivity index (χ3v) is 4.12. The molecule has 5 heteroatoms. The molecule has 3 aromatic carbocycles. The number of hydrogen-bond donors (Lipinski definition) is 1. The second-order valence-corrected chi connectivity index (χ2v) is 5.94. The molecule has 0 aliphatic carbocycles. The molecule has 1 N–H and O–H groups in total. The maximum atomic E-state index is 12.2. The van der Waals surface area contributed by atoms with Crippen molar-refractivity contribution >= 4 is 16.7 Å². The van der Waals surface area contributed by atoms with E-state index in [0.717, 1.165) is 21.9 Å². The van der Waals surface area contributed by atoms with Gasteiger partial charge in [0, 0.05) is 6.54 Å². The SMILES string of the molecule is O=C(Cc1cccc2ccccc12)NCCc1ccc(OC(F)F)cc1. The molecule has 1 amide bonds. The maximum Gasteiger partial charge on any atom is 0.387 e. The fourth-order valence-electron chi connectivity index (χ4n) is 2.87. The molecule has 0 aliphatic heterocycles. The van der Waals surface area contributed by atoms with Crippen LogP contribution in [0.4, 0.5) is 8.78 Å². The Bertz CT molecular complexity index is 873. The van der Waals surface area contributed by atoms with Crippen LogP contribution in [0.15, 0.2) is 66.7 Å². The molecule has 3 aromatic rings. The number of benzene rings is 3. The van der Waals surface area contributed by atoms with E-state index in [1.54, 1.807) is 12.1 Å². The minimum absolute atomic E-state index is 0.0426. The van der Waals surface area contributed by atoms with Crippen molar-refractivity contribution in [2.24, 2.45) is 0 Å². The number of ether oxygens (including phenoxy) is 1. The normalized spacial score (nSPS) is 10.9. The zero-order valence-electron chi connectivity index (χ0n) is 14.1. The fourth-order valence-corrected chi connectivity index (χ4v) is 2.87. The lowest BCUT2D eigenvalue weighted by molar-refractivity contribution is -0.120. The molecule has 0 atom stereocenters. The summed E-state index contributed by atoms with van der Waals surface area (Å²) in [6.07, 6.45) is 0.943. The standard InChI is InChI=1S/C21H19F2NO2/c22-21(23)26-18-10-8-15(9-11-18)12-13-24-20(25)14-17-6-3-5-16-4-1-2-7-19(16)17/h1-11,21H,12-14H2,(H,24,25). The van der Waals surface area contributed by atoms with E-state index in [4.69, 9.17) is 0 Å². The molecule has 0 saturated heterocycles. The summed E-state index contributed by atoms with van der Waals surface area (Å²) in [5.41, 5.74) is 1.94. The molecule has 0 aromatic heterocycles. The van der Waals surface area contributed by atoms with Gasteiger partial charge in [-0.1, -0.05) is 54.6 Å². The lowest BCUT2D eigenvalue weighted by Gasteiger charge is -2.09. The summed E-state index contributed by atoms with van der Waals surface area (Å²) in [7, 11) is 0. The van der Waals surface area contributed by atoms with Crippen LogP contribution in [0.5, 0.6) is 5.75 Å². The summed E-state index contributed by atoms with van der Waals surface area (Å²) in [6.45, 7) is -2.34. The van der Waals surface area contributed by atoms with Crippen LogP contribution in [0.1, 0.15) is 11.1 Å². The Kier molecular flexibility index (Phi) is 5.79. The van der Waals surface area contributed by atoms with Crippen LogP contribution < -0.4 is 10.1 Å². The predicted molar refractivity (Wildman–Crippen MR) is 97.4 cm³/mol. The van der Waals surface area contributed by atoms with Crippen molar-refractivity contribution in [3.8, 4) is 5.75 Å². The van der Waals surface area contributed by atoms with Gasteiger partial charge in [-0.2, -0.15) is 8.78 Å². The highest BCUT2D eigenvalue weighted by atomic mass is 19.3. The maximum absolute atomic E-state index is 12.2. The van der Waals surface area contributed by atoms with Crippen molar-refractivity contribution in [3.63, 3.8) is 0 Å². The Morgan fingerprint density at radius 1 is 0.962 bits per heavy atom. The lowest BCUT2D eigenvalue weighted by Crippen LogP contribution is -2.27. The van der Waals surface area contributed by atoms with Crippen LogP contribution in [0.25, 0.3) is 10.8 Å². The van der Waals surface area contributed by atoms with Crippen molar-refractivity contribution in [2.75, 3.05) is 6.54 Å². The van der Waals surface area contributed by atoms with Crippen molar-refractivity contribution in [1.29, 1.82) is 0 Å². The van der Waals surface area contributed by atoms with Crippen molar-refractivity contribution in [3.05, 3.63) is 77.9 Å². The summed E-state index contributed by atoms with van der Waals surface area (Å²) < 4.78 is 28.5. The number of carbonyl (C=O) groups excluding carboxylic acids is 1. The Balaban J connectivity index is 1.51. The van der Waals surface area contributed by atoms with E-state index < -0.39 is 6.61 Å². The second-order valence-electron chi connectivity index (χ2n) is 5.94. The number of fused-ring (bicyclic) bond motifs is 1. The Labute approximate surface area is 150 Å². The highest BCUT2D eigenvalue weighted by molar-refractivity contribution is 5.90. The highest BCUT2D eigenvalue weighted by Gasteiger charge is 2.07. The van der Waals surface area contributed by atoms with Gasteiger partial charge >= 0.3 is 6.61 Å². The minimum Gasteiger partial charge on any atom is -0.435 e. The molecular formula is C21H19F2NO2. The molecule has 3 rings (SSSR count). The molecule has 0 radical (unpaired) electrons. The number of rotatable bonds is 7. The molecule has 0 fully saturated rings. The van der Waals surface area contributed by atoms with Gasteiger partial charge in [-0.25, -0.2) is 0 Å². The molecule has 0 spiro atoms. The number of halogens is 2. The van der Waals surface area contributed by atoms with Crippen molar-refractivity contribution in [1.82, 2.24) is 5.32 Å². The number of alkyl halides is 2. The van der Waals surface area contributed by atoms with E-state index in [0.29, 0.717) is 19.4 Å². The molecule has 134 valence electrons. The number of nitrogens with one attached hydrogen (secondary N) is 1. The first kappa shape index (κ1) is 17.9. The van der Waals surface area contributed by atoms with Crippen LogP contribution in [-0.2, 0) is 17.6 Å². The predicted octanol–water partition coefficient (Wildman–Crippen LogP) is 4.34. The molecule has 0 unspecified atom stereocenters. The van der Waals surface area contributed by atoms with Gasteiger partial charge in [0.1, 0.15) is 5.75 Å². The molecule has 0 saturated carbocycles. The smallest absolute Gasteiger partial charge is 0.387 e. The highest BCUT2D eigenvalue weighted by Crippen LogP contribution is 2.19. The van der Waals surface area contributed by atoms with Crippen LogP contribution >= 0.6 is 0 Å². The first-order chi connectivity index (χ1) is 12.6. The van der Waals surface area contributed by atoms with Crippen LogP contribution in [0, 0.1) is 0 Å². The van der Waals surface area contributed by atoms with E-state index in [1.807, 2.05) is 42.5 Å². The minimum atomic E-state index is -2.82. The molecule has 26 heavy (non-hydrogen) atoms. The van der Waals surface area contributed by atoms with Gasteiger partial charge in [0.25, 0.3) is 0 Å². The first-order valence-corrected chi connectivity index (χ1v) is 8.39. The van der Waals surface area contributed by atoms with E-state index in [1.165, 1.54) is 12.1 Å². The number of carbonyl (C=O) groups is 1. The zero-order chi connectivity index (χ0) is 18.4. The Hall–Kier alpha value is -2.95. The van der Waals surface area contributed by atoms with Gasteiger partial charge < -0.3 is 10.1 Å². The van der Waals surface area contributed by atoms with Crippen LogP contribution in [0.2, 0.25) is 0 Å². The largest absolute Gasteiger partial charge is 0.435 e. The lowest BCUT2D eigenvalue weighted by atomic mass is 10.0. The summed E-state index contributed by atoms with van der Waals surface area (Å²) in [5.74, 6) is 0.0859. The monoisotopic (exact) mass is 355 g/mol. The van der Waals surface area contributed by atoms with Gasteiger partial charge in [-0.05, 0) is 40.5 Å². The molecule has 0 bridgehead atoms. The van der Waals surface area contributed by atoms with Crippen molar-refractivity contribution < 1.29 is 18.3 Å². The van der Waals surface area contributed by atoms with Crippen LogP contribution in [0.3, 0.4) is 0 Å².